The molecule has 2 heterocycles. The molecule has 7 nitrogen and oxygen atoms in total. The monoisotopic (exact) mass is 380 g/mol. The van der Waals surface area contributed by atoms with E-state index in [1.54, 1.807) is 7.11 Å². The van der Waals surface area contributed by atoms with E-state index in [0.29, 0.717) is 25.6 Å². The van der Waals surface area contributed by atoms with Gasteiger partial charge in [0.25, 0.3) is 0 Å². The van der Waals surface area contributed by atoms with Crippen molar-refractivity contribution in [3.05, 3.63) is 54.1 Å². The predicted octanol–water partition coefficient (Wildman–Crippen LogP) is 2.91. The number of hydrogen-bond acceptors (Lipinski definition) is 6. The van der Waals surface area contributed by atoms with Crippen molar-refractivity contribution in [2.45, 2.75) is 6.61 Å². The molecule has 1 aromatic heterocycles. The molecule has 3 aromatic rings. The highest BCUT2D eigenvalue weighted by molar-refractivity contribution is 5.65. The van der Waals surface area contributed by atoms with Crippen molar-refractivity contribution in [2.24, 2.45) is 7.05 Å². The molecule has 4 rings (SSSR count). The van der Waals surface area contributed by atoms with E-state index in [-0.39, 0.29) is 0 Å². The summed E-state index contributed by atoms with van der Waals surface area (Å²) in [6.07, 6.45) is 0. The Morgan fingerprint density at radius 3 is 2.50 bits per heavy atom. The van der Waals surface area contributed by atoms with E-state index in [1.807, 2.05) is 60.3 Å². The summed E-state index contributed by atoms with van der Waals surface area (Å²) < 4.78 is 18.8. The van der Waals surface area contributed by atoms with Crippen molar-refractivity contribution in [3.63, 3.8) is 0 Å². The zero-order chi connectivity index (χ0) is 19.3. The van der Waals surface area contributed by atoms with E-state index >= 15 is 0 Å². The average Bonchev–Trinajstić information content (AvgIpc) is 3.14. The zero-order valence-electron chi connectivity index (χ0n) is 16.2. The summed E-state index contributed by atoms with van der Waals surface area (Å²) in [5.41, 5.74) is 1.86. The Morgan fingerprint density at radius 2 is 1.71 bits per heavy atom. The SMILES string of the molecule is COc1ccccc1COc1ccccc1-c1nc(N2CCOCC2)n(C)n1. The summed E-state index contributed by atoms with van der Waals surface area (Å²) in [7, 11) is 3.58. The fourth-order valence-electron chi connectivity index (χ4n) is 3.28. The highest BCUT2D eigenvalue weighted by Crippen LogP contribution is 2.30. The Balaban J connectivity index is 1.58. The van der Waals surface area contributed by atoms with Crippen molar-refractivity contribution in [1.82, 2.24) is 14.8 Å². The number of aromatic nitrogens is 3. The maximum atomic E-state index is 6.11. The normalized spacial score (nSPS) is 14.1. The minimum atomic E-state index is 0.407. The molecule has 0 radical (unpaired) electrons. The molecule has 1 fully saturated rings. The molecule has 0 bridgehead atoms. The van der Waals surface area contributed by atoms with Gasteiger partial charge in [-0.2, -0.15) is 4.98 Å². The maximum absolute atomic E-state index is 6.11. The molecule has 1 saturated heterocycles. The first kappa shape index (κ1) is 18.3. The van der Waals surface area contributed by atoms with Gasteiger partial charge >= 0.3 is 0 Å². The van der Waals surface area contributed by atoms with Crippen molar-refractivity contribution in [2.75, 3.05) is 38.3 Å². The Bertz CT molecular complexity index is 935. The van der Waals surface area contributed by atoms with Gasteiger partial charge in [-0.1, -0.05) is 30.3 Å². The Kier molecular flexibility index (Phi) is 5.43. The first-order chi connectivity index (χ1) is 13.8. The molecule has 0 aliphatic carbocycles. The van der Waals surface area contributed by atoms with Crippen LogP contribution in [0.1, 0.15) is 5.56 Å². The molecular weight excluding hydrogens is 356 g/mol. The van der Waals surface area contributed by atoms with E-state index in [1.165, 1.54) is 0 Å². The standard InChI is InChI=1S/C21H24N4O3/c1-24-21(25-11-13-27-14-12-25)22-20(23-24)17-8-4-6-10-19(17)28-15-16-7-3-5-9-18(16)26-2/h3-10H,11-15H2,1-2H3. The third-order valence-electron chi connectivity index (χ3n) is 4.74. The van der Waals surface area contributed by atoms with Crippen LogP contribution in [0.3, 0.4) is 0 Å². The van der Waals surface area contributed by atoms with E-state index in [4.69, 9.17) is 19.2 Å². The predicted molar refractivity (Wildman–Crippen MR) is 107 cm³/mol. The topological polar surface area (TPSA) is 61.6 Å². The first-order valence-electron chi connectivity index (χ1n) is 9.34. The molecular formula is C21H24N4O3. The fraction of sp³-hybridized carbons (Fsp3) is 0.333. The molecule has 0 N–H and O–H groups in total. The minimum Gasteiger partial charge on any atom is -0.496 e. The average molecular weight is 380 g/mol. The first-order valence-corrected chi connectivity index (χ1v) is 9.34. The van der Waals surface area contributed by atoms with Crippen LogP contribution in [0.4, 0.5) is 5.95 Å². The number of methoxy groups -OCH3 is 1. The van der Waals surface area contributed by atoms with Crippen LogP contribution in [-0.4, -0.2) is 48.2 Å². The molecule has 0 saturated carbocycles. The lowest BCUT2D eigenvalue weighted by Gasteiger charge is -2.26. The highest BCUT2D eigenvalue weighted by Gasteiger charge is 2.20. The Hall–Kier alpha value is -3.06. The molecule has 0 unspecified atom stereocenters. The minimum absolute atomic E-state index is 0.407. The van der Waals surface area contributed by atoms with Gasteiger partial charge in [-0.05, 0) is 18.2 Å². The van der Waals surface area contributed by atoms with E-state index in [0.717, 1.165) is 41.7 Å². The second-order valence-corrected chi connectivity index (χ2v) is 6.56. The lowest BCUT2D eigenvalue weighted by molar-refractivity contribution is 0.121. The molecule has 1 aliphatic rings. The number of ether oxygens (including phenoxy) is 3. The summed E-state index contributed by atoms with van der Waals surface area (Å²) in [4.78, 5) is 6.96. The molecule has 0 amide bonds. The van der Waals surface area contributed by atoms with Crippen LogP contribution in [0.15, 0.2) is 48.5 Å². The van der Waals surface area contributed by atoms with Gasteiger partial charge in [-0.15, -0.1) is 5.10 Å². The van der Waals surface area contributed by atoms with Crippen molar-refractivity contribution in [3.8, 4) is 22.9 Å². The van der Waals surface area contributed by atoms with Gasteiger partial charge in [0.1, 0.15) is 18.1 Å². The second-order valence-electron chi connectivity index (χ2n) is 6.56. The van der Waals surface area contributed by atoms with Gasteiger partial charge in [0.2, 0.25) is 5.95 Å². The van der Waals surface area contributed by atoms with Crippen LogP contribution in [0.25, 0.3) is 11.4 Å². The number of rotatable bonds is 6. The summed E-state index contributed by atoms with van der Waals surface area (Å²) in [5, 5.41) is 4.62. The van der Waals surface area contributed by atoms with E-state index < -0.39 is 0 Å². The zero-order valence-corrected chi connectivity index (χ0v) is 16.2. The van der Waals surface area contributed by atoms with Crippen molar-refractivity contribution < 1.29 is 14.2 Å². The van der Waals surface area contributed by atoms with Crippen LogP contribution in [-0.2, 0) is 18.4 Å². The number of anilines is 1. The van der Waals surface area contributed by atoms with Crippen LogP contribution < -0.4 is 14.4 Å². The number of aryl methyl sites for hydroxylation is 1. The number of morpholine rings is 1. The van der Waals surface area contributed by atoms with Gasteiger partial charge < -0.3 is 19.1 Å². The van der Waals surface area contributed by atoms with E-state index in [9.17, 15) is 0 Å². The van der Waals surface area contributed by atoms with Crippen LogP contribution in [0.2, 0.25) is 0 Å². The highest BCUT2D eigenvalue weighted by atomic mass is 16.5. The summed E-state index contributed by atoms with van der Waals surface area (Å²) in [5.74, 6) is 3.05. The van der Waals surface area contributed by atoms with Gasteiger partial charge in [-0.3, -0.25) is 0 Å². The molecule has 1 aliphatic heterocycles. The molecule has 28 heavy (non-hydrogen) atoms. The van der Waals surface area contributed by atoms with Crippen LogP contribution in [0, 0.1) is 0 Å². The molecule has 146 valence electrons. The van der Waals surface area contributed by atoms with Crippen LogP contribution >= 0.6 is 0 Å². The number of benzene rings is 2. The lowest BCUT2D eigenvalue weighted by Crippen LogP contribution is -2.37. The smallest absolute Gasteiger partial charge is 0.224 e. The second kappa shape index (κ2) is 8.31. The Morgan fingerprint density at radius 1 is 1.00 bits per heavy atom. The van der Waals surface area contributed by atoms with Gasteiger partial charge in [0, 0.05) is 25.7 Å². The summed E-state index contributed by atoms with van der Waals surface area (Å²) >= 11 is 0. The lowest BCUT2D eigenvalue weighted by atomic mass is 10.2. The fourth-order valence-corrected chi connectivity index (χ4v) is 3.28. The molecule has 2 aromatic carbocycles. The summed E-state index contributed by atoms with van der Waals surface area (Å²) in [6.45, 7) is 3.46. The number of nitrogens with zero attached hydrogens (tertiary/aromatic N) is 4. The molecule has 0 spiro atoms. The van der Waals surface area contributed by atoms with E-state index in [2.05, 4.69) is 10.00 Å². The number of hydrogen-bond donors (Lipinski definition) is 0. The van der Waals surface area contributed by atoms with Gasteiger partial charge in [-0.25, -0.2) is 4.68 Å². The van der Waals surface area contributed by atoms with Crippen molar-refractivity contribution in [1.29, 1.82) is 0 Å². The van der Waals surface area contributed by atoms with Gasteiger partial charge in [0.05, 0.1) is 25.9 Å². The quantitative estimate of drug-likeness (QED) is 0.655. The van der Waals surface area contributed by atoms with Crippen molar-refractivity contribution >= 4 is 5.95 Å². The Labute approximate surface area is 164 Å². The largest absolute Gasteiger partial charge is 0.496 e. The van der Waals surface area contributed by atoms with Crippen LogP contribution in [0.5, 0.6) is 11.5 Å². The molecule has 7 heteroatoms. The number of para-hydroxylation sites is 2. The third kappa shape index (κ3) is 3.80. The summed E-state index contributed by atoms with van der Waals surface area (Å²) in [6, 6.07) is 15.7. The van der Waals surface area contributed by atoms with Gasteiger partial charge in [0.15, 0.2) is 5.82 Å². The molecule has 0 atom stereocenters. The maximum Gasteiger partial charge on any atom is 0.224 e. The third-order valence-corrected chi connectivity index (χ3v) is 4.74.